The zero-order chi connectivity index (χ0) is 23.8. The number of halogens is 1. The minimum atomic E-state index is -1.31. The zero-order valence-electron chi connectivity index (χ0n) is 18.6. The second-order valence-electron chi connectivity index (χ2n) is 8.19. The molecule has 2 aromatic heterocycles. The molecule has 0 unspecified atom stereocenters. The standard InChI is InChI=1S/C23H24FN5O4S/c1-2-27-12-16(23(31)32)21(30)15-10-17(24)19(11-18(15)27)28-7-5-26(6-8-28)13-29-14-34-22(25-29)20-4-3-9-33-20/h3-4,9-12H,2,5-8,13-14H2,1H3,(H,31,32). The number of benzene rings is 1. The van der Waals surface area contributed by atoms with Crippen molar-refractivity contribution in [3.63, 3.8) is 0 Å². The summed E-state index contributed by atoms with van der Waals surface area (Å²) in [6.07, 6.45) is 2.97. The first-order chi connectivity index (χ1) is 16.4. The van der Waals surface area contributed by atoms with Gasteiger partial charge < -0.3 is 19.0 Å². The van der Waals surface area contributed by atoms with Gasteiger partial charge in [-0.3, -0.25) is 14.7 Å². The molecule has 1 aromatic carbocycles. The van der Waals surface area contributed by atoms with E-state index in [-0.39, 0.29) is 10.9 Å². The van der Waals surface area contributed by atoms with E-state index < -0.39 is 17.2 Å². The highest BCUT2D eigenvalue weighted by atomic mass is 32.2. The minimum Gasteiger partial charge on any atom is -0.477 e. The molecule has 11 heteroatoms. The van der Waals surface area contributed by atoms with E-state index in [1.165, 1.54) is 12.3 Å². The van der Waals surface area contributed by atoms with Crippen molar-refractivity contribution in [1.82, 2.24) is 14.5 Å². The molecule has 0 atom stereocenters. The number of hydrogen-bond donors (Lipinski definition) is 1. The van der Waals surface area contributed by atoms with Gasteiger partial charge in [-0.25, -0.2) is 9.18 Å². The minimum absolute atomic E-state index is 0.0818. The molecule has 0 spiro atoms. The van der Waals surface area contributed by atoms with Crippen molar-refractivity contribution in [2.45, 2.75) is 13.5 Å². The summed E-state index contributed by atoms with van der Waals surface area (Å²) in [4.78, 5) is 28.2. The number of aromatic carboxylic acids is 1. The fourth-order valence-electron chi connectivity index (χ4n) is 4.33. The number of rotatable bonds is 6. The summed E-state index contributed by atoms with van der Waals surface area (Å²) in [5, 5.41) is 16.9. The number of hydrazone groups is 1. The average Bonchev–Trinajstić information content (AvgIpc) is 3.52. The van der Waals surface area contributed by atoms with E-state index >= 15 is 4.39 Å². The van der Waals surface area contributed by atoms with Gasteiger partial charge in [0.15, 0.2) is 10.8 Å². The maximum absolute atomic E-state index is 15.1. The van der Waals surface area contributed by atoms with E-state index in [0.717, 1.165) is 29.8 Å². The molecule has 1 N–H and O–H groups in total. The molecule has 34 heavy (non-hydrogen) atoms. The highest BCUT2D eigenvalue weighted by Crippen LogP contribution is 2.27. The molecular weight excluding hydrogens is 461 g/mol. The second kappa shape index (κ2) is 9.15. The van der Waals surface area contributed by atoms with Gasteiger partial charge in [0.2, 0.25) is 5.43 Å². The van der Waals surface area contributed by atoms with Crippen LogP contribution in [-0.4, -0.2) is 69.3 Å². The van der Waals surface area contributed by atoms with Crippen LogP contribution in [0.1, 0.15) is 23.0 Å². The number of furan rings is 1. The van der Waals surface area contributed by atoms with Crippen molar-refractivity contribution in [2.75, 3.05) is 43.6 Å². The number of hydrogen-bond acceptors (Lipinski definition) is 8. The van der Waals surface area contributed by atoms with Crippen LogP contribution in [0.5, 0.6) is 0 Å². The van der Waals surface area contributed by atoms with Gasteiger partial charge in [-0.05, 0) is 31.2 Å². The van der Waals surface area contributed by atoms with Gasteiger partial charge in [-0.15, -0.1) is 0 Å². The number of carboxylic acids is 1. The summed E-state index contributed by atoms with van der Waals surface area (Å²) in [5.41, 5.74) is -0.0645. The van der Waals surface area contributed by atoms with Crippen LogP contribution in [0, 0.1) is 5.82 Å². The highest BCUT2D eigenvalue weighted by molar-refractivity contribution is 8.14. The Bertz CT molecular complexity index is 1320. The van der Waals surface area contributed by atoms with Crippen LogP contribution in [0.15, 0.2) is 51.0 Å². The third-order valence-electron chi connectivity index (χ3n) is 6.11. The molecule has 4 heterocycles. The topological polar surface area (TPSA) is 94.5 Å². The molecule has 2 aliphatic rings. The zero-order valence-corrected chi connectivity index (χ0v) is 19.4. The van der Waals surface area contributed by atoms with E-state index in [4.69, 9.17) is 4.42 Å². The quantitative estimate of drug-likeness (QED) is 0.570. The molecule has 0 aliphatic carbocycles. The monoisotopic (exact) mass is 485 g/mol. The van der Waals surface area contributed by atoms with Crippen LogP contribution in [0.4, 0.5) is 10.1 Å². The number of aryl methyl sites for hydroxylation is 1. The predicted molar refractivity (Wildman–Crippen MR) is 129 cm³/mol. The number of carbonyl (C=O) groups is 1. The average molecular weight is 486 g/mol. The van der Waals surface area contributed by atoms with E-state index in [1.807, 2.05) is 29.0 Å². The summed E-state index contributed by atoms with van der Waals surface area (Å²) in [6.45, 7) is 5.73. The first-order valence-electron chi connectivity index (χ1n) is 11.0. The lowest BCUT2D eigenvalue weighted by atomic mass is 10.1. The summed E-state index contributed by atoms with van der Waals surface area (Å²) in [6, 6.07) is 6.57. The molecular formula is C23H24FN5O4S. The van der Waals surface area contributed by atoms with Gasteiger partial charge in [0.25, 0.3) is 0 Å². The molecule has 0 amide bonds. The van der Waals surface area contributed by atoms with Gasteiger partial charge >= 0.3 is 5.97 Å². The van der Waals surface area contributed by atoms with Crippen molar-refractivity contribution < 1.29 is 18.7 Å². The van der Waals surface area contributed by atoms with Crippen LogP contribution in [0.2, 0.25) is 0 Å². The lowest BCUT2D eigenvalue weighted by Gasteiger charge is -2.37. The third-order valence-corrected chi connectivity index (χ3v) is 7.09. The Morgan fingerprint density at radius 1 is 1.26 bits per heavy atom. The Morgan fingerprint density at radius 3 is 2.74 bits per heavy atom. The number of aromatic nitrogens is 1. The number of thioether (sulfide) groups is 1. The summed E-state index contributed by atoms with van der Waals surface area (Å²) in [7, 11) is 0. The Hall–Kier alpha value is -3.31. The molecule has 0 bridgehead atoms. The van der Waals surface area contributed by atoms with Gasteiger partial charge in [0.1, 0.15) is 11.4 Å². The van der Waals surface area contributed by atoms with E-state index in [9.17, 15) is 14.7 Å². The molecule has 2 aliphatic heterocycles. The number of nitrogens with zero attached hydrogens (tertiary/aromatic N) is 5. The number of fused-ring (bicyclic) bond motifs is 1. The van der Waals surface area contributed by atoms with Crippen LogP contribution in [0.25, 0.3) is 10.9 Å². The molecule has 3 aromatic rings. The van der Waals surface area contributed by atoms with Crippen molar-refractivity contribution in [3.8, 4) is 0 Å². The number of pyridine rings is 1. The maximum atomic E-state index is 15.1. The normalized spacial score (nSPS) is 16.9. The van der Waals surface area contributed by atoms with Crippen LogP contribution < -0.4 is 10.3 Å². The van der Waals surface area contributed by atoms with Crippen LogP contribution >= 0.6 is 11.8 Å². The highest BCUT2D eigenvalue weighted by Gasteiger charge is 2.25. The van der Waals surface area contributed by atoms with E-state index in [0.29, 0.717) is 37.5 Å². The number of anilines is 1. The van der Waals surface area contributed by atoms with Gasteiger partial charge in [-0.2, -0.15) is 5.10 Å². The third kappa shape index (κ3) is 4.16. The van der Waals surface area contributed by atoms with Crippen molar-refractivity contribution in [1.29, 1.82) is 0 Å². The maximum Gasteiger partial charge on any atom is 0.341 e. The molecule has 0 radical (unpaired) electrons. The first kappa shape index (κ1) is 22.5. The molecule has 9 nitrogen and oxygen atoms in total. The Morgan fingerprint density at radius 2 is 2.06 bits per heavy atom. The Labute approximate surface area is 199 Å². The molecule has 0 saturated carbocycles. The summed E-state index contributed by atoms with van der Waals surface area (Å²) >= 11 is 1.64. The van der Waals surface area contributed by atoms with Gasteiger partial charge in [0, 0.05) is 44.3 Å². The summed E-state index contributed by atoms with van der Waals surface area (Å²) < 4.78 is 22.2. The number of piperazine rings is 1. The van der Waals surface area contributed by atoms with E-state index in [2.05, 4.69) is 10.0 Å². The van der Waals surface area contributed by atoms with E-state index in [1.54, 1.807) is 28.7 Å². The molecule has 1 fully saturated rings. The number of carboxylic acid groups (broad SMARTS) is 1. The molecule has 5 rings (SSSR count). The predicted octanol–water partition coefficient (Wildman–Crippen LogP) is 2.90. The second-order valence-corrected chi connectivity index (χ2v) is 9.13. The van der Waals surface area contributed by atoms with Crippen molar-refractivity contribution in [2.24, 2.45) is 5.10 Å². The molecule has 178 valence electrons. The Balaban J connectivity index is 1.31. The largest absolute Gasteiger partial charge is 0.477 e. The van der Waals surface area contributed by atoms with Crippen LogP contribution in [0.3, 0.4) is 0 Å². The summed E-state index contributed by atoms with van der Waals surface area (Å²) in [5.74, 6) is -0.314. The van der Waals surface area contributed by atoms with Crippen molar-refractivity contribution >= 4 is 39.4 Å². The fraction of sp³-hybridized carbons (Fsp3) is 0.348. The molecule has 1 saturated heterocycles. The lowest BCUT2D eigenvalue weighted by Crippen LogP contribution is -2.49. The van der Waals surface area contributed by atoms with Gasteiger partial charge in [0.05, 0.1) is 30.0 Å². The lowest BCUT2D eigenvalue weighted by molar-refractivity contribution is 0.0695. The van der Waals surface area contributed by atoms with Gasteiger partial charge in [-0.1, -0.05) is 11.8 Å². The first-order valence-corrected chi connectivity index (χ1v) is 12.0. The smallest absolute Gasteiger partial charge is 0.341 e. The Kier molecular flexibility index (Phi) is 6.05. The fourth-order valence-corrected chi connectivity index (χ4v) is 5.17. The van der Waals surface area contributed by atoms with Crippen LogP contribution in [-0.2, 0) is 6.54 Å². The van der Waals surface area contributed by atoms with Crippen molar-refractivity contribution in [3.05, 3.63) is 64.1 Å². The SMILES string of the molecule is CCn1cc(C(=O)O)c(=O)c2cc(F)c(N3CCN(CN4CSC(c5ccco5)=N4)CC3)cc21.